The highest BCUT2D eigenvalue weighted by Gasteiger charge is 2.23. The monoisotopic (exact) mass is 462 g/mol. The Morgan fingerprint density at radius 3 is 2.18 bits per heavy atom. The summed E-state index contributed by atoms with van der Waals surface area (Å²) < 4.78 is 9.98. The number of carbonyl (C=O) groups is 4. The first-order chi connectivity index (χ1) is 16.3. The Labute approximate surface area is 197 Å². The van der Waals surface area contributed by atoms with Crippen LogP contribution in [0.1, 0.15) is 49.4 Å². The van der Waals surface area contributed by atoms with Gasteiger partial charge in [0.2, 0.25) is 5.78 Å². The zero-order valence-corrected chi connectivity index (χ0v) is 19.3. The zero-order valence-electron chi connectivity index (χ0n) is 19.3. The van der Waals surface area contributed by atoms with E-state index >= 15 is 0 Å². The number of benzene rings is 2. The van der Waals surface area contributed by atoms with Gasteiger partial charge in [-0.2, -0.15) is 0 Å². The van der Waals surface area contributed by atoms with Crippen molar-refractivity contribution in [1.82, 2.24) is 10.3 Å². The van der Waals surface area contributed by atoms with E-state index in [4.69, 9.17) is 9.47 Å². The normalized spacial score (nSPS) is 10.4. The molecule has 34 heavy (non-hydrogen) atoms. The Morgan fingerprint density at radius 1 is 0.882 bits per heavy atom. The molecular weight excluding hydrogens is 436 g/mol. The Morgan fingerprint density at radius 2 is 1.53 bits per heavy atom. The van der Waals surface area contributed by atoms with Crippen LogP contribution in [0.25, 0.3) is 11.1 Å². The number of nitrogens with one attached hydrogen (secondary N) is 2. The third-order valence-corrected chi connectivity index (χ3v) is 5.21. The Hall–Kier alpha value is -4.20. The van der Waals surface area contributed by atoms with Crippen LogP contribution in [-0.4, -0.2) is 48.4 Å². The van der Waals surface area contributed by atoms with Gasteiger partial charge in [-0.3, -0.25) is 14.4 Å². The number of hydrogen-bond donors (Lipinski definition) is 2. The van der Waals surface area contributed by atoms with Gasteiger partial charge in [-0.15, -0.1) is 0 Å². The summed E-state index contributed by atoms with van der Waals surface area (Å²) in [7, 11) is 0. The number of H-pyrrole nitrogens is 1. The molecule has 1 aromatic heterocycles. The molecule has 3 rings (SSSR count). The smallest absolute Gasteiger partial charge is 0.355 e. The van der Waals surface area contributed by atoms with Crippen molar-refractivity contribution < 1.29 is 28.7 Å². The summed E-state index contributed by atoms with van der Waals surface area (Å²) in [4.78, 5) is 51.8. The molecular formula is C26H26N2O6. The van der Waals surface area contributed by atoms with Crippen molar-refractivity contribution in [2.45, 2.75) is 20.8 Å². The maximum atomic E-state index is 12.6. The standard InChI is InChI=1S/C26H26N2O6/c1-4-33-26(32)24-16(2)23(17(3)28-24)21(29)15-34-22(30)14-27-25(31)20-12-10-19(11-13-20)18-8-6-5-7-9-18/h5-13,28H,4,14-15H2,1-3H3,(H,27,31). The summed E-state index contributed by atoms with van der Waals surface area (Å²) in [6, 6.07) is 16.7. The lowest BCUT2D eigenvalue weighted by Gasteiger charge is -2.08. The van der Waals surface area contributed by atoms with E-state index in [1.54, 1.807) is 32.9 Å². The first-order valence-corrected chi connectivity index (χ1v) is 10.8. The maximum Gasteiger partial charge on any atom is 0.355 e. The average molecular weight is 463 g/mol. The van der Waals surface area contributed by atoms with E-state index in [-0.39, 0.29) is 24.4 Å². The van der Waals surface area contributed by atoms with Gasteiger partial charge in [0.25, 0.3) is 5.91 Å². The molecule has 0 atom stereocenters. The van der Waals surface area contributed by atoms with Crippen molar-refractivity contribution in [3.63, 3.8) is 0 Å². The number of esters is 2. The molecule has 3 aromatic rings. The number of aromatic nitrogens is 1. The molecule has 1 amide bonds. The Bertz CT molecular complexity index is 1200. The van der Waals surface area contributed by atoms with E-state index in [2.05, 4.69) is 10.3 Å². The Kier molecular flexibility index (Phi) is 7.97. The topological polar surface area (TPSA) is 115 Å². The number of ether oxygens (including phenoxy) is 2. The summed E-state index contributed by atoms with van der Waals surface area (Å²) in [6.07, 6.45) is 0. The number of amides is 1. The van der Waals surface area contributed by atoms with Gasteiger partial charge in [-0.25, -0.2) is 4.79 Å². The van der Waals surface area contributed by atoms with Crippen LogP contribution >= 0.6 is 0 Å². The van der Waals surface area contributed by atoms with Crippen LogP contribution < -0.4 is 5.32 Å². The molecule has 0 aliphatic heterocycles. The second-order valence-electron chi connectivity index (χ2n) is 7.56. The summed E-state index contributed by atoms with van der Waals surface area (Å²) in [5.74, 6) is -2.20. The lowest BCUT2D eigenvalue weighted by atomic mass is 10.0. The molecule has 1 heterocycles. The number of aryl methyl sites for hydroxylation is 1. The molecule has 8 nitrogen and oxygen atoms in total. The molecule has 8 heteroatoms. The van der Waals surface area contributed by atoms with Gasteiger partial charge in [-0.05, 0) is 49.6 Å². The van der Waals surface area contributed by atoms with Crippen LogP contribution in [0.15, 0.2) is 54.6 Å². The number of ketones is 1. The third kappa shape index (κ3) is 5.78. The van der Waals surface area contributed by atoms with Crippen LogP contribution in [0.3, 0.4) is 0 Å². The number of carbonyl (C=O) groups excluding carboxylic acids is 4. The van der Waals surface area contributed by atoms with E-state index in [9.17, 15) is 19.2 Å². The highest BCUT2D eigenvalue weighted by molar-refractivity contribution is 6.03. The van der Waals surface area contributed by atoms with Gasteiger partial charge in [0.1, 0.15) is 12.2 Å². The minimum Gasteiger partial charge on any atom is -0.461 e. The van der Waals surface area contributed by atoms with Gasteiger partial charge in [0, 0.05) is 16.8 Å². The molecule has 2 N–H and O–H groups in total. The molecule has 0 saturated heterocycles. The van der Waals surface area contributed by atoms with E-state index < -0.39 is 30.2 Å². The zero-order chi connectivity index (χ0) is 24.7. The average Bonchev–Trinajstić information content (AvgIpc) is 3.15. The second-order valence-corrected chi connectivity index (χ2v) is 7.56. The minimum atomic E-state index is -0.751. The Balaban J connectivity index is 1.51. The summed E-state index contributed by atoms with van der Waals surface area (Å²) in [6.45, 7) is 4.27. The van der Waals surface area contributed by atoms with Crippen LogP contribution in [0.4, 0.5) is 0 Å². The highest BCUT2D eigenvalue weighted by Crippen LogP contribution is 2.20. The second kappa shape index (κ2) is 11.1. The van der Waals surface area contributed by atoms with E-state index in [0.29, 0.717) is 16.8 Å². The van der Waals surface area contributed by atoms with Crippen molar-refractivity contribution >= 4 is 23.6 Å². The lowest BCUT2D eigenvalue weighted by molar-refractivity contribution is -0.141. The van der Waals surface area contributed by atoms with Gasteiger partial charge < -0.3 is 19.8 Å². The molecule has 0 bridgehead atoms. The number of rotatable bonds is 9. The fourth-order valence-electron chi connectivity index (χ4n) is 3.54. The fourth-order valence-corrected chi connectivity index (χ4v) is 3.54. The van der Waals surface area contributed by atoms with Crippen molar-refractivity contribution in [1.29, 1.82) is 0 Å². The molecule has 176 valence electrons. The summed E-state index contributed by atoms with van der Waals surface area (Å²) in [5.41, 5.74) is 3.78. The first-order valence-electron chi connectivity index (χ1n) is 10.8. The predicted octanol–water partition coefficient (Wildman–Crippen LogP) is 3.63. The lowest BCUT2D eigenvalue weighted by Crippen LogP contribution is -2.31. The van der Waals surface area contributed by atoms with E-state index in [0.717, 1.165) is 11.1 Å². The maximum absolute atomic E-state index is 12.6. The van der Waals surface area contributed by atoms with Crippen molar-refractivity contribution in [3.8, 4) is 11.1 Å². The number of aromatic amines is 1. The van der Waals surface area contributed by atoms with Gasteiger partial charge in [0.15, 0.2) is 6.61 Å². The molecule has 0 aliphatic rings. The molecule has 0 aliphatic carbocycles. The quantitative estimate of drug-likeness (QED) is 0.371. The molecule has 2 aromatic carbocycles. The van der Waals surface area contributed by atoms with Crippen molar-refractivity contribution in [3.05, 3.63) is 82.7 Å². The van der Waals surface area contributed by atoms with Gasteiger partial charge >= 0.3 is 11.9 Å². The SMILES string of the molecule is CCOC(=O)c1[nH]c(C)c(C(=O)COC(=O)CNC(=O)c2ccc(-c3ccccc3)cc2)c1C. The van der Waals surface area contributed by atoms with E-state index in [1.165, 1.54) is 0 Å². The summed E-state index contributed by atoms with van der Waals surface area (Å²) >= 11 is 0. The molecule has 0 saturated carbocycles. The van der Waals surface area contributed by atoms with Crippen LogP contribution in [0.2, 0.25) is 0 Å². The van der Waals surface area contributed by atoms with Crippen molar-refractivity contribution in [2.75, 3.05) is 19.8 Å². The largest absolute Gasteiger partial charge is 0.461 e. The van der Waals surface area contributed by atoms with Crippen LogP contribution in [0.5, 0.6) is 0 Å². The summed E-state index contributed by atoms with van der Waals surface area (Å²) in [5, 5.41) is 2.49. The van der Waals surface area contributed by atoms with Crippen LogP contribution in [-0.2, 0) is 14.3 Å². The molecule has 0 radical (unpaired) electrons. The third-order valence-electron chi connectivity index (χ3n) is 5.21. The molecule has 0 fully saturated rings. The highest BCUT2D eigenvalue weighted by atomic mass is 16.5. The predicted molar refractivity (Wildman–Crippen MR) is 126 cm³/mol. The van der Waals surface area contributed by atoms with Crippen molar-refractivity contribution in [2.24, 2.45) is 0 Å². The minimum absolute atomic E-state index is 0.194. The van der Waals surface area contributed by atoms with E-state index in [1.807, 2.05) is 42.5 Å². The van der Waals surface area contributed by atoms with Crippen LogP contribution in [0, 0.1) is 13.8 Å². The molecule has 0 unspecified atom stereocenters. The molecule has 0 spiro atoms. The van der Waals surface area contributed by atoms with Gasteiger partial charge in [-0.1, -0.05) is 42.5 Å². The number of Topliss-reactive ketones (excluding diaryl/α,β-unsaturated/α-hetero) is 1. The van der Waals surface area contributed by atoms with Gasteiger partial charge in [0.05, 0.1) is 6.61 Å². The first kappa shape index (κ1) is 24.4. The number of hydrogen-bond acceptors (Lipinski definition) is 6. The fraction of sp³-hybridized carbons (Fsp3) is 0.231.